The molecule has 2 amide bonds. The fourth-order valence-electron chi connectivity index (χ4n) is 1.83. The lowest BCUT2D eigenvalue weighted by Gasteiger charge is -2.19. The first-order valence-corrected chi connectivity index (χ1v) is 6.64. The van der Waals surface area contributed by atoms with Crippen molar-refractivity contribution < 1.29 is 38.9 Å². The van der Waals surface area contributed by atoms with Crippen molar-refractivity contribution in [2.45, 2.75) is 12.2 Å². The van der Waals surface area contributed by atoms with E-state index in [9.17, 15) is 19.2 Å². The highest BCUT2D eigenvalue weighted by atomic mass is 16.6. The van der Waals surface area contributed by atoms with Gasteiger partial charge < -0.3 is 30.3 Å². The van der Waals surface area contributed by atoms with E-state index < -0.39 is 35.6 Å². The Morgan fingerprint density at radius 2 is 1.23 bits per heavy atom. The second-order valence-corrected chi connectivity index (χ2v) is 5.03. The highest BCUT2D eigenvalue weighted by Crippen LogP contribution is 2.16. The second kappa shape index (κ2) is 6.71. The Morgan fingerprint density at radius 1 is 0.864 bits per heavy atom. The Hall–Kier alpha value is -2.20. The zero-order valence-corrected chi connectivity index (χ0v) is 11.5. The van der Waals surface area contributed by atoms with Crippen LogP contribution in [0.5, 0.6) is 0 Å². The van der Waals surface area contributed by atoms with Crippen LogP contribution in [0, 0.1) is 11.8 Å². The number of amides is 2. The Kier molecular flexibility index (Phi) is 4.93. The molecule has 10 heteroatoms. The van der Waals surface area contributed by atoms with E-state index in [-0.39, 0.29) is 25.3 Å². The summed E-state index contributed by atoms with van der Waals surface area (Å²) in [7, 11) is 0. The number of hydrogen-bond donors (Lipinski definition) is 4. The van der Waals surface area contributed by atoms with Crippen molar-refractivity contribution in [2.24, 2.45) is 11.8 Å². The van der Waals surface area contributed by atoms with Crippen molar-refractivity contribution in [3.8, 4) is 0 Å². The number of hydrogen-bond acceptors (Lipinski definition) is 6. The number of carboxylic acids is 2. The minimum absolute atomic E-state index is 0.0975. The van der Waals surface area contributed by atoms with Crippen molar-refractivity contribution >= 4 is 23.8 Å². The van der Waals surface area contributed by atoms with Crippen LogP contribution in [-0.2, 0) is 28.7 Å². The van der Waals surface area contributed by atoms with Gasteiger partial charge in [0.1, 0.15) is 5.92 Å². The molecule has 2 fully saturated rings. The maximum absolute atomic E-state index is 12.0. The van der Waals surface area contributed by atoms with Gasteiger partial charge in [0.2, 0.25) is 11.8 Å². The monoisotopic (exact) mass is 316 g/mol. The molecular weight excluding hydrogens is 300 g/mol. The minimum Gasteiger partial charge on any atom is -0.481 e. The van der Waals surface area contributed by atoms with Gasteiger partial charge in [-0.3, -0.25) is 19.2 Å². The van der Waals surface area contributed by atoms with E-state index in [1.807, 2.05) is 0 Å². The molecule has 0 aromatic rings. The van der Waals surface area contributed by atoms with Crippen molar-refractivity contribution in [1.82, 2.24) is 10.6 Å². The smallest absolute Gasteiger partial charge is 0.319 e. The standard InChI is InChI=1S/C12H16N2O8/c15-9(13-1-5-3-21-5)7(8(11(17)18)12(19)20)10(16)14-2-6-4-22-6/h5-8H,1-4H2,(H,13,15)(H,14,16)(H,17,18)(H,19,20). The van der Waals surface area contributed by atoms with Gasteiger partial charge in [-0.25, -0.2) is 0 Å². The summed E-state index contributed by atoms with van der Waals surface area (Å²) in [4.78, 5) is 46.3. The number of carboxylic acid groups (broad SMARTS) is 2. The van der Waals surface area contributed by atoms with Crippen LogP contribution in [0.3, 0.4) is 0 Å². The van der Waals surface area contributed by atoms with Crippen molar-refractivity contribution in [2.75, 3.05) is 26.3 Å². The van der Waals surface area contributed by atoms with Gasteiger partial charge in [-0.1, -0.05) is 0 Å². The van der Waals surface area contributed by atoms with E-state index in [2.05, 4.69) is 10.6 Å². The molecule has 2 saturated heterocycles. The van der Waals surface area contributed by atoms with Gasteiger partial charge >= 0.3 is 11.9 Å². The van der Waals surface area contributed by atoms with Crippen molar-refractivity contribution in [1.29, 1.82) is 0 Å². The first kappa shape index (κ1) is 16.2. The van der Waals surface area contributed by atoms with Crippen molar-refractivity contribution in [3.05, 3.63) is 0 Å². The van der Waals surface area contributed by atoms with E-state index in [0.717, 1.165) is 0 Å². The summed E-state index contributed by atoms with van der Waals surface area (Å²) >= 11 is 0. The zero-order chi connectivity index (χ0) is 16.3. The molecular formula is C12H16N2O8. The molecule has 2 rings (SSSR count). The Morgan fingerprint density at radius 3 is 1.50 bits per heavy atom. The van der Waals surface area contributed by atoms with E-state index in [4.69, 9.17) is 19.7 Å². The average molecular weight is 316 g/mol. The molecule has 0 bridgehead atoms. The molecule has 0 aliphatic carbocycles. The third-order valence-corrected chi connectivity index (χ3v) is 3.24. The topological polar surface area (TPSA) is 158 Å². The van der Waals surface area contributed by atoms with Crippen LogP contribution in [0.4, 0.5) is 0 Å². The second-order valence-electron chi connectivity index (χ2n) is 5.03. The number of carbonyl (C=O) groups excluding carboxylic acids is 2. The fraction of sp³-hybridized carbons (Fsp3) is 0.667. The first-order chi connectivity index (χ1) is 10.4. The summed E-state index contributed by atoms with van der Waals surface area (Å²) in [5, 5.41) is 22.7. The van der Waals surface area contributed by atoms with Gasteiger partial charge in [0.25, 0.3) is 0 Å². The van der Waals surface area contributed by atoms with E-state index in [1.165, 1.54) is 0 Å². The number of epoxide rings is 2. The number of carbonyl (C=O) groups is 4. The molecule has 0 aromatic carbocycles. The molecule has 2 heterocycles. The number of aliphatic carboxylic acids is 2. The highest BCUT2D eigenvalue weighted by molar-refractivity contribution is 6.09. The minimum atomic E-state index is -2.17. The molecule has 0 spiro atoms. The molecule has 2 unspecified atom stereocenters. The lowest BCUT2D eigenvalue weighted by molar-refractivity contribution is -0.163. The number of ether oxygens (including phenoxy) is 2. The third-order valence-electron chi connectivity index (χ3n) is 3.24. The zero-order valence-electron chi connectivity index (χ0n) is 11.5. The molecule has 2 atom stereocenters. The highest BCUT2D eigenvalue weighted by Gasteiger charge is 2.45. The van der Waals surface area contributed by atoms with Crippen LogP contribution >= 0.6 is 0 Å². The van der Waals surface area contributed by atoms with Crippen molar-refractivity contribution in [3.63, 3.8) is 0 Å². The van der Waals surface area contributed by atoms with Crippen LogP contribution < -0.4 is 10.6 Å². The van der Waals surface area contributed by atoms with Gasteiger partial charge in [-0.15, -0.1) is 0 Å². The van der Waals surface area contributed by atoms with Crippen LogP contribution in [0.1, 0.15) is 0 Å². The summed E-state index contributed by atoms with van der Waals surface area (Å²) < 4.78 is 9.75. The Bertz CT molecular complexity index is 444. The predicted molar refractivity (Wildman–Crippen MR) is 67.8 cm³/mol. The summed E-state index contributed by atoms with van der Waals surface area (Å²) in [6.07, 6.45) is -0.360. The van der Waals surface area contributed by atoms with Gasteiger partial charge in [0.15, 0.2) is 5.92 Å². The molecule has 0 aromatic heterocycles. The first-order valence-electron chi connectivity index (χ1n) is 6.64. The largest absolute Gasteiger partial charge is 0.481 e. The molecule has 0 saturated carbocycles. The Balaban J connectivity index is 2.05. The molecule has 2 aliphatic rings. The van der Waals surface area contributed by atoms with E-state index >= 15 is 0 Å². The van der Waals surface area contributed by atoms with Gasteiger partial charge in [-0.05, 0) is 0 Å². The maximum atomic E-state index is 12.0. The van der Waals surface area contributed by atoms with E-state index in [1.54, 1.807) is 0 Å². The maximum Gasteiger partial charge on any atom is 0.319 e. The predicted octanol–water partition coefficient (Wildman–Crippen LogP) is -2.58. The molecule has 2 aliphatic heterocycles. The lowest BCUT2D eigenvalue weighted by Crippen LogP contribution is -2.50. The van der Waals surface area contributed by atoms with Gasteiger partial charge in [0.05, 0.1) is 25.4 Å². The fourth-order valence-corrected chi connectivity index (χ4v) is 1.83. The summed E-state index contributed by atoms with van der Waals surface area (Å²) in [6, 6.07) is 0. The SMILES string of the molecule is O=C(O)C(C(=O)O)C(C(=O)NCC1CO1)C(=O)NCC1CO1. The van der Waals surface area contributed by atoms with E-state index in [0.29, 0.717) is 13.2 Å². The molecule has 0 radical (unpaired) electrons. The summed E-state index contributed by atoms with van der Waals surface area (Å²) in [6.45, 7) is 1.11. The summed E-state index contributed by atoms with van der Waals surface area (Å²) in [5.74, 6) is -9.46. The number of nitrogens with one attached hydrogen (secondary N) is 2. The van der Waals surface area contributed by atoms with Crippen LogP contribution in [0.2, 0.25) is 0 Å². The molecule has 122 valence electrons. The Labute approximate surface area is 124 Å². The average Bonchev–Trinajstić information content (AvgIpc) is 3.32. The van der Waals surface area contributed by atoms with Crippen LogP contribution in [0.25, 0.3) is 0 Å². The molecule has 22 heavy (non-hydrogen) atoms. The third kappa shape index (κ3) is 4.40. The van der Waals surface area contributed by atoms with Gasteiger partial charge in [-0.2, -0.15) is 0 Å². The van der Waals surface area contributed by atoms with Crippen LogP contribution in [-0.4, -0.2) is 72.5 Å². The van der Waals surface area contributed by atoms with Gasteiger partial charge in [0, 0.05) is 13.1 Å². The molecule has 4 N–H and O–H groups in total. The normalized spacial score (nSPS) is 23.5. The lowest BCUT2D eigenvalue weighted by atomic mass is 9.90. The molecule has 10 nitrogen and oxygen atoms in total. The summed E-state index contributed by atoms with van der Waals surface area (Å²) in [5.41, 5.74) is 0. The van der Waals surface area contributed by atoms with Crippen LogP contribution in [0.15, 0.2) is 0 Å². The quantitative estimate of drug-likeness (QED) is 0.267. The number of rotatable bonds is 9.